The molecule has 1 amide bonds. The molecule has 3 aromatic carbocycles. The Labute approximate surface area is 286 Å². The normalized spacial score (nSPS) is 15.8. The molecule has 49 heavy (non-hydrogen) atoms. The van der Waals surface area contributed by atoms with Gasteiger partial charge in [0, 0.05) is 43.3 Å². The maximum atomic E-state index is 12.1. The van der Waals surface area contributed by atoms with Gasteiger partial charge in [-0.05, 0) is 41.8 Å². The Morgan fingerprint density at radius 3 is 2.41 bits per heavy atom. The van der Waals surface area contributed by atoms with Crippen molar-refractivity contribution < 1.29 is 43.1 Å². The van der Waals surface area contributed by atoms with E-state index in [1.54, 1.807) is 7.11 Å². The van der Waals surface area contributed by atoms with Crippen molar-refractivity contribution in [1.82, 2.24) is 14.5 Å². The summed E-state index contributed by atoms with van der Waals surface area (Å²) < 4.78 is 36.0. The number of nitrogens with zero attached hydrogens (tertiary/aromatic N) is 3. The van der Waals surface area contributed by atoms with Gasteiger partial charge in [-0.2, -0.15) is 0 Å². The Morgan fingerprint density at radius 1 is 0.878 bits per heavy atom. The fourth-order valence-corrected chi connectivity index (χ4v) is 5.70. The number of piperidine rings is 1. The summed E-state index contributed by atoms with van der Waals surface area (Å²) in [4.78, 5) is 29.1. The predicted octanol–water partition coefficient (Wildman–Crippen LogP) is 6.04. The Balaban J connectivity index is 1.06. The fraction of sp³-hybridized carbons (Fsp3) is 0.378. The number of aromatic nitrogens is 2. The van der Waals surface area contributed by atoms with E-state index in [1.165, 1.54) is 28.2 Å². The minimum Gasteiger partial charge on any atom is -0.496 e. The van der Waals surface area contributed by atoms with Crippen molar-refractivity contribution in [3.05, 3.63) is 108 Å². The van der Waals surface area contributed by atoms with Gasteiger partial charge in [0.05, 0.1) is 52.8 Å². The molecule has 1 aliphatic rings. The molecule has 5 rings (SSSR count). The SMILES string of the molecule is COc1ccccc1COCCCOc1ccc(C2CCN(C(=O)O)CC2OCCOc2ccccc2CCOC(=O)n2ccnc2)cc1. The van der Waals surface area contributed by atoms with Gasteiger partial charge in [-0.1, -0.05) is 48.5 Å². The number of methoxy groups -OCH3 is 1. The maximum absolute atomic E-state index is 12.1. The lowest BCUT2D eigenvalue weighted by Crippen LogP contribution is -2.46. The molecule has 260 valence electrons. The Morgan fingerprint density at radius 2 is 1.65 bits per heavy atom. The smallest absolute Gasteiger partial charge is 0.419 e. The molecule has 0 spiro atoms. The molecule has 4 aromatic rings. The number of likely N-dealkylation sites (tertiary alicyclic amines) is 1. The van der Waals surface area contributed by atoms with Gasteiger partial charge >= 0.3 is 12.2 Å². The van der Waals surface area contributed by atoms with Gasteiger partial charge in [0.1, 0.15) is 30.2 Å². The van der Waals surface area contributed by atoms with E-state index in [4.69, 9.17) is 28.4 Å². The first-order chi connectivity index (χ1) is 24.0. The second kappa shape index (κ2) is 18.5. The van der Waals surface area contributed by atoms with Gasteiger partial charge in [-0.15, -0.1) is 0 Å². The molecule has 0 saturated carbocycles. The lowest BCUT2D eigenvalue weighted by atomic mass is 9.87. The second-order valence-electron chi connectivity index (χ2n) is 11.5. The molecule has 1 aliphatic heterocycles. The summed E-state index contributed by atoms with van der Waals surface area (Å²) in [6.07, 6.45) is 4.51. The topological polar surface area (TPSA) is 131 Å². The van der Waals surface area contributed by atoms with Crippen molar-refractivity contribution in [3.8, 4) is 17.2 Å². The Kier molecular flexibility index (Phi) is 13.3. The molecule has 0 bridgehead atoms. The van der Waals surface area contributed by atoms with E-state index in [0.29, 0.717) is 45.0 Å². The molecule has 1 saturated heterocycles. The predicted molar refractivity (Wildman–Crippen MR) is 181 cm³/mol. The molecular formula is C37H43N3O9. The highest BCUT2D eigenvalue weighted by molar-refractivity contribution is 5.70. The zero-order valence-electron chi connectivity index (χ0n) is 27.6. The molecule has 2 unspecified atom stereocenters. The number of hydrogen-bond donors (Lipinski definition) is 1. The highest BCUT2D eigenvalue weighted by Gasteiger charge is 2.33. The third kappa shape index (κ3) is 10.5. The molecule has 0 aliphatic carbocycles. The van der Waals surface area contributed by atoms with Gasteiger partial charge in [0.2, 0.25) is 0 Å². The summed E-state index contributed by atoms with van der Waals surface area (Å²) in [6, 6.07) is 23.3. The molecule has 1 fully saturated rings. The van der Waals surface area contributed by atoms with Gasteiger partial charge in [-0.3, -0.25) is 0 Å². The van der Waals surface area contributed by atoms with Crippen molar-refractivity contribution in [3.63, 3.8) is 0 Å². The highest BCUT2D eigenvalue weighted by atomic mass is 16.6. The van der Waals surface area contributed by atoms with Gasteiger partial charge in [0.25, 0.3) is 0 Å². The largest absolute Gasteiger partial charge is 0.496 e. The molecule has 1 aromatic heterocycles. The van der Waals surface area contributed by atoms with Crippen LogP contribution >= 0.6 is 0 Å². The van der Waals surface area contributed by atoms with E-state index in [0.717, 1.165) is 34.6 Å². The van der Waals surface area contributed by atoms with Crippen molar-refractivity contribution in [1.29, 1.82) is 0 Å². The zero-order valence-corrected chi connectivity index (χ0v) is 27.6. The first-order valence-corrected chi connectivity index (χ1v) is 16.4. The number of para-hydroxylation sites is 2. The average molecular weight is 674 g/mol. The number of benzene rings is 3. The summed E-state index contributed by atoms with van der Waals surface area (Å²) in [5.74, 6) is 2.27. The number of carboxylic acid groups (broad SMARTS) is 1. The fourth-order valence-electron chi connectivity index (χ4n) is 5.70. The first-order valence-electron chi connectivity index (χ1n) is 16.4. The lowest BCUT2D eigenvalue weighted by Gasteiger charge is -2.37. The summed E-state index contributed by atoms with van der Waals surface area (Å²) in [5.41, 5.74) is 2.98. The summed E-state index contributed by atoms with van der Waals surface area (Å²) in [6.45, 7) is 3.01. The molecule has 1 N–H and O–H groups in total. The molecular weight excluding hydrogens is 630 g/mol. The van der Waals surface area contributed by atoms with Crippen LogP contribution in [-0.2, 0) is 27.2 Å². The standard InChI is InChI=1S/C37H43N3O9/c1-44-33-9-4-3-8-30(33)26-45-20-6-21-46-31-13-11-28(12-14-31)32-15-18-39(36(41)42)25-35(32)48-24-23-47-34-10-5-2-7-29(34)16-22-49-37(43)40-19-17-38-27-40/h2-5,7-14,17,19,27,32,35H,6,15-16,18,20-26H2,1H3,(H,41,42). The molecule has 0 radical (unpaired) electrons. The van der Waals surface area contributed by atoms with E-state index in [2.05, 4.69) is 4.98 Å². The molecule has 12 heteroatoms. The van der Waals surface area contributed by atoms with E-state index in [-0.39, 0.29) is 38.4 Å². The number of imidazole rings is 1. The van der Waals surface area contributed by atoms with Gasteiger partial charge < -0.3 is 38.4 Å². The van der Waals surface area contributed by atoms with E-state index < -0.39 is 12.2 Å². The van der Waals surface area contributed by atoms with Crippen LogP contribution in [0.3, 0.4) is 0 Å². The Bertz CT molecular complexity index is 1600. The quantitative estimate of drug-likeness (QED) is 0.133. The number of carbonyl (C=O) groups is 2. The van der Waals surface area contributed by atoms with Crippen LogP contribution in [0.4, 0.5) is 9.59 Å². The minimum absolute atomic E-state index is 0.0190. The molecule has 2 atom stereocenters. The zero-order chi connectivity index (χ0) is 34.3. The maximum Gasteiger partial charge on any atom is 0.419 e. The Hall–Kier alpha value is -5.07. The van der Waals surface area contributed by atoms with Crippen LogP contribution in [-0.4, -0.2) is 91.1 Å². The van der Waals surface area contributed by atoms with Crippen LogP contribution in [0, 0.1) is 0 Å². The first kappa shape index (κ1) is 35.2. The lowest BCUT2D eigenvalue weighted by molar-refractivity contribution is -0.0207. The van der Waals surface area contributed by atoms with Crippen molar-refractivity contribution in [2.24, 2.45) is 0 Å². The van der Waals surface area contributed by atoms with Crippen LogP contribution in [0.5, 0.6) is 17.2 Å². The van der Waals surface area contributed by atoms with Crippen LogP contribution in [0.1, 0.15) is 35.4 Å². The average Bonchev–Trinajstić information content (AvgIpc) is 3.68. The second-order valence-corrected chi connectivity index (χ2v) is 11.5. The summed E-state index contributed by atoms with van der Waals surface area (Å²) in [7, 11) is 1.65. The van der Waals surface area contributed by atoms with Gasteiger partial charge in [0.15, 0.2) is 0 Å². The summed E-state index contributed by atoms with van der Waals surface area (Å²) in [5, 5.41) is 9.66. The number of amides is 1. The number of carbonyl (C=O) groups excluding carboxylic acids is 1. The van der Waals surface area contributed by atoms with E-state index in [1.807, 2.05) is 72.8 Å². The van der Waals surface area contributed by atoms with Crippen molar-refractivity contribution in [2.75, 3.05) is 53.2 Å². The highest BCUT2D eigenvalue weighted by Crippen LogP contribution is 2.32. The molecule has 12 nitrogen and oxygen atoms in total. The van der Waals surface area contributed by atoms with Crippen molar-refractivity contribution in [2.45, 2.75) is 37.9 Å². The van der Waals surface area contributed by atoms with Crippen LogP contribution in [0.25, 0.3) is 0 Å². The van der Waals surface area contributed by atoms with Crippen LogP contribution in [0.2, 0.25) is 0 Å². The molecule has 2 heterocycles. The third-order valence-electron chi connectivity index (χ3n) is 8.25. The third-order valence-corrected chi connectivity index (χ3v) is 8.25. The number of hydrogen-bond acceptors (Lipinski definition) is 9. The van der Waals surface area contributed by atoms with Gasteiger partial charge in [-0.25, -0.2) is 19.1 Å². The van der Waals surface area contributed by atoms with E-state index in [9.17, 15) is 14.7 Å². The van der Waals surface area contributed by atoms with Crippen molar-refractivity contribution >= 4 is 12.2 Å². The number of rotatable bonds is 17. The summed E-state index contributed by atoms with van der Waals surface area (Å²) >= 11 is 0. The van der Waals surface area contributed by atoms with Crippen LogP contribution < -0.4 is 14.2 Å². The van der Waals surface area contributed by atoms with Crippen LogP contribution in [0.15, 0.2) is 91.5 Å². The number of ether oxygens (including phenoxy) is 6. The monoisotopic (exact) mass is 673 g/mol. The van der Waals surface area contributed by atoms with E-state index >= 15 is 0 Å². The minimum atomic E-state index is -0.957.